The standard InChI is InChI=1S/C7H3ClF3N3O3S/c8-18(15,16)6-4(17-7(9,10)11)1-3(2-12)5(13)14-6/h1H,(H2,13,14). The number of alkyl halides is 3. The Bertz CT molecular complexity index is 623. The first-order chi connectivity index (χ1) is 8.04. The first-order valence-corrected chi connectivity index (χ1v) is 6.26. The Morgan fingerprint density at radius 2 is 2.06 bits per heavy atom. The maximum atomic E-state index is 12.0. The minimum atomic E-state index is -5.17. The number of hydrogen-bond donors (Lipinski definition) is 1. The van der Waals surface area contributed by atoms with Crippen molar-refractivity contribution < 1.29 is 26.3 Å². The van der Waals surface area contributed by atoms with Crippen molar-refractivity contribution >= 4 is 25.6 Å². The van der Waals surface area contributed by atoms with Gasteiger partial charge in [0, 0.05) is 16.7 Å². The summed E-state index contributed by atoms with van der Waals surface area (Å²) in [6.07, 6.45) is -5.17. The number of rotatable bonds is 2. The lowest BCUT2D eigenvalue weighted by Crippen LogP contribution is -2.19. The number of nitrogens with zero attached hydrogens (tertiary/aromatic N) is 2. The van der Waals surface area contributed by atoms with E-state index >= 15 is 0 Å². The van der Waals surface area contributed by atoms with Crippen LogP contribution in [0.5, 0.6) is 5.75 Å². The molecule has 1 aromatic rings. The van der Waals surface area contributed by atoms with Crippen LogP contribution in [-0.2, 0) is 9.05 Å². The molecule has 0 amide bonds. The van der Waals surface area contributed by atoms with Crippen molar-refractivity contribution in [2.45, 2.75) is 11.4 Å². The van der Waals surface area contributed by atoms with Gasteiger partial charge in [0.25, 0.3) is 9.05 Å². The van der Waals surface area contributed by atoms with Gasteiger partial charge in [0.1, 0.15) is 11.9 Å². The van der Waals surface area contributed by atoms with Crippen LogP contribution in [0.4, 0.5) is 19.0 Å². The quantitative estimate of drug-likeness (QED) is 0.827. The number of hydrogen-bond acceptors (Lipinski definition) is 6. The van der Waals surface area contributed by atoms with Crippen molar-refractivity contribution in [3.63, 3.8) is 0 Å². The Balaban J connectivity index is 3.52. The minimum Gasteiger partial charge on any atom is -0.403 e. The Morgan fingerprint density at radius 1 is 1.50 bits per heavy atom. The third-order valence-electron chi connectivity index (χ3n) is 1.56. The smallest absolute Gasteiger partial charge is 0.403 e. The Morgan fingerprint density at radius 3 is 2.44 bits per heavy atom. The summed E-state index contributed by atoms with van der Waals surface area (Å²) in [7, 11) is 0.277. The van der Waals surface area contributed by atoms with Gasteiger partial charge in [-0.1, -0.05) is 0 Å². The van der Waals surface area contributed by atoms with Crippen LogP contribution in [0.15, 0.2) is 11.1 Å². The van der Waals surface area contributed by atoms with E-state index in [-0.39, 0.29) is 0 Å². The molecule has 2 N–H and O–H groups in total. The largest absolute Gasteiger partial charge is 0.573 e. The van der Waals surface area contributed by atoms with E-state index in [0.717, 1.165) is 0 Å². The molecule has 0 radical (unpaired) electrons. The molecule has 0 fully saturated rings. The molecule has 98 valence electrons. The summed E-state index contributed by atoms with van der Waals surface area (Å²) >= 11 is 0. The number of halogens is 4. The molecule has 1 aromatic heterocycles. The maximum absolute atomic E-state index is 12.0. The van der Waals surface area contributed by atoms with Gasteiger partial charge < -0.3 is 10.5 Å². The predicted octanol–water partition coefficient (Wildman–Crippen LogP) is 1.36. The highest BCUT2D eigenvalue weighted by Gasteiger charge is 2.35. The molecule has 0 saturated heterocycles. The molecule has 0 aromatic carbocycles. The fourth-order valence-electron chi connectivity index (χ4n) is 0.954. The van der Waals surface area contributed by atoms with Crippen LogP contribution in [-0.4, -0.2) is 19.8 Å². The van der Waals surface area contributed by atoms with Gasteiger partial charge in [0.2, 0.25) is 5.03 Å². The molecule has 0 atom stereocenters. The lowest BCUT2D eigenvalue weighted by molar-refractivity contribution is -0.275. The van der Waals surface area contributed by atoms with E-state index < -0.39 is 37.6 Å². The average Bonchev–Trinajstić information content (AvgIpc) is 2.16. The number of anilines is 1. The Labute approximate surface area is 103 Å². The van der Waals surface area contributed by atoms with Gasteiger partial charge in [0.15, 0.2) is 5.75 Å². The van der Waals surface area contributed by atoms with Crippen molar-refractivity contribution in [3.05, 3.63) is 11.6 Å². The highest BCUT2D eigenvalue weighted by Crippen LogP contribution is 2.32. The summed E-state index contributed by atoms with van der Waals surface area (Å²) in [5.41, 5.74) is 4.69. The summed E-state index contributed by atoms with van der Waals surface area (Å²) in [6.45, 7) is 0. The molecular weight excluding hydrogens is 299 g/mol. The fraction of sp³-hybridized carbons (Fsp3) is 0.143. The molecular formula is C7H3ClF3N3O3S. The van der Waals surface area contributed by atoms with Gasteiger partial charge in [-0.25, -0.2) is 13.4 Å². The topological polar surface area (TPSA) is 106 Å². The van der Waals surface area contributed by atoms with Crippen LogP contribution < -0.4 is 10.5 Å². The van der Waals surface area contributed by atoms with Gasteiger partial charge in [-0.05, 0) is 0 Å². The molecule has 0 aliphatic carbocycles. The summed E-state index contributed by atoms with van der Waals surface area (Å²) < 4.78 is 61.6. The zero-order chi connectivity index (χ0) is 14.1. The lowest BCUT2D eigenvalue weighted by Gasteiger charge is -2.11. The zero-order valence-electron chi connectivity index (χ0n) is 8.19. The average molecular weight is 302 g/mol. The molecule has 1 rings (SSSR count). The van der Waals surface area contributed by atoms with E-state index in [9.17, 15) is 21.6 Å². The van der Waals surface area contributed by atoms with Gasteiger partial charge in [-0.2, -0.15) is 5.26 Å². The van der Waals surface area contributed by atoms with Crippen LogP contribution in [0.1, 0.15) is 5.56 Å². The summed E-state index contributed by atoms with van der Waals surface area (Å²) in [5.74, 6) is -1.80. The van der Waals surface area contributed by atoms with Crippen LogP contribution in [0.2, 0.25) is 0 Å². The highest BCUT2D eigenvalue weighted by molar-refractivity contribution is 8.13. The number of nitrogens with two attached hydrogens (primary N) is 1. The van der Waals surface area contributed by atoms with Crippen molar-refractivity contribution in [2.75, 3.05) is 5.73 Å². The zero-order valence-corrected chi connectivity index (χ0v) is 9.77. The number of aromatic nitrogens is 1. The summed E-state index contributed by atoms with van der Waals surface area (Å²) in [6, 6.07) is 1.92. The van der Waals surface area contributed by atoms with Gasteiger partial charge in [-0.3, -0.25) is 0 Å². The molecule has 0 spiro atoms. The van der Waals surface area contributed by atoms with Gasteiger partial charge in [0.05, 0.1) is 5.56 Å². The van der Waals surface area contributed by atoms with Crippen molar-refractivity contribution in [1.82, 2.24) is 4.98 Å². The van der Waals surface area contributed by atoms with Crippen LogP contribution in [0, 0.1) is 11.3 Å². The van der Waals surface area contributed by atoms with Gasteiger partial charge in [-0.15, -0.1) is 13.2 Å². The number of nitriles is 1. The molecule has 0 unspecified atom stereocenters. The van der Waals surface area contributed by atoms with Crippen LogP contribution >= 0.6 is 10.7 Å². The number of pyridine rings is 1. The highest BCUT2D eigenvalue weighted by atomic mass is 35.7. The minimum absolute atomic E-state index is 0.474. The van der Waals surface area contributed by atoms with Crippen molar-refractivity contribution in [2.24, 2.45) is 0 Å². The normalized spacial score (nSPS) is 11.9. The maximum Gasteiger partial charge on any atom is 0.573 e. The molecule has 1 heterocycles. The van der Waals surface area contributed by atoms with E-state index in [1.54, 1.807) is 0 Å². The SMILES string of the molecule is N#Cc1cc(OC(F)(F)F)c(S(=O)(=O)Cl)nc1N. The van der Waals surface area contributed by atoms with Crippen molar-refractivity contribution in [3.8, 4) is 11.8 Å². The fourth-order valence-corrected chi connectivity index (χ4v) is 1.83. The molecule has 6 nitrogen and oxygen atoms in total. The molecule has 0 aliphatic rings. The third-order valence-corrected chi connectivity index (χ3v) is 2.75. The second kappa shape index (κ2) is 4.51. The lowest BCUT2D eigenvalue weighted by atomic mass is 10.3. The molecule has 18 heavy (non-hydrogen) atoms. The van der Waals surface area contributed by atoms with Crippen molar-refractivity contribution in [1.29, 1.82) is 5.26 Å². The van der Waals surface area contributed by atoms with Crippen LogP contribution in [0.25, 0.3) is 0 Å². The van der Waals surface area contributed by atoms with E-state index in [4.69, 9.17) is 21.7 Å². The molecule has 0 saturated carbocycles. The Hall–Kier alpha value is -1.73. The van der Waals surface area contributed by atoms with E-state index in [2.05, 4.69) is 9.72 Å². The molecule has 0 aliphatic heterocycles. The van der Waals surface area contributed by atoms with Crippen LogP contribution in [0.3, 0.4) is 0 Å². The third kappa shape index (κ3) is 3.38. The monoisotopic (exact) mass is 301 g/mol. The number of nitrogen functional groups attached to an aromatic ring is 1. The second-order valence-electron chi connectivity index (χ2n) is 2.82. The number of ether oxygens (including phenoxy) is 1. The summed E-state index contributed by atoms with van der Waals surface area (Å²) in [5, 5.41) is 7.34. The Kier molecular flexibility index (Phi) is 3.59. The van der Waals surface area contributed by atoms with E-state index in [1.165, 1.54) is 6.07 Å². The first-order valence-electron chi connectivity index (χ1n) is 3.95. The molecule has 11 heteroatoms. The van der Waals surface area contributed by atoms with E-state index in [1.807, 2.05) is 0 Å². The molecule has 0 bridgehead atoms. The summed E-state index contributed by atoms with van der Waals surface area (Å²) in [4.78, 5) is 3.11. The van der Waals surface area contributed by atoms with E-state index in [0.29, 0.717) is 6.07 Å². The predicted molar refractivity (Wildman–Crippen MR) is 53.1 cm³/mol. The van der Waals surface area contributed by atoms with Gasteiger partial charge >= 0.3 is 6.36 Å². The second-order valence-corrected chi connectivity index (χ2v) is 5.30. The first kappa shape index (κ1) is 14.3.